The van der Waals surface area contributed by atoms with Gasteiger partial charge in [-0.15, -0.1) is 11.3 Å². The Morgan fingerprint density at radius 1 is 1.44 bits per heavy atom. The van der Waals surface area contributed by atoms with Gasteiger partial charge in [-0.05, 0) is 13.8 Å². The average Bonchev–Trinajstić information content (AvgIpc) is 2.72. The summed E-state index contributed by atoms with van der Waals surface area (Å²) < 4.78 is 4.77. The second-order valence-electron chi connectivity index (χ2n) is 3.91. The lowest BCUT2D eigenvalue weighted by molar-refractivity contribution is -0.145. The van der Waals surface area contributed by atoms with Crippen molar-refractivity contribution in [3.63, 3.8) is 0 Å². The molecule has 0 aliphatic heterocycles. The first-order valence-electron chi connectivity index (χ1n) is 5.83. The topological polar surface area (TPSA) is 59.5 Å². The van der Waals surface area contributed by atoms with Crippen LogP contribution >= 0.6 is 11.3 Å². The van der Waals surface area contributed by atoms with Crippen molar-refractivity contribution in [1.82, 2.24) is 9.88 Å². The molecule has 0 bridgehead atoms. The fourth-order valence-electron chi connectivity index (χ4n) is 1.45. The Morgan fingerprint density at radius 2 is 2.17 bits per heavy atom. The quantitative estimate of drug-likeness (QED) is 0.739. The zero-order valence-corrected chi connectivity index (χ0v) is 11.7. The summed E-state index contributed by atoms with van der Waals surface area (Å²) >= 11 is 1.56. The van der Waals surface area contributed by atoms with Gasteiger partial charge in [-0.2, -0.15) is 0 Å². The molecule has 0 fully saturated rings. The van der Waals surface area contributed by atoms with Crippen molar-refractivity contribution in [2.75, 3.05) is 13.7 Å². The monoisotopic (exact) mass is 270 g/mol. The molecule has 1 heterocycles. The molecule has 100 valence electrons. The summed E-state index contributed by atoms with van der Waals surface area (Å²) in [6, 6.07) is 0. The first-order valence-corrected chi connectivity index (χ1v) is 6.71. The lowest BCUT2D eigenvalue weighted by atomic mass is 10.3. The number of carbonyl (C=O) groups excluding carboxylic acids is 2. The van der Waals surface area contributed by atoms with E-state index >= 15 is 0 Å². The lowest BCUT2D eigenvalue weighted by Gasteiger charge is -2.15. The van der Waals surface area contributed by atoms with E-state index in [1.807, 2.05) is 12.3 Å². The molecular weight excluding hydrogens is 252 g/mol. The molecule has 0 atom stereocenters. The lowest BCUT2D eigenvalue weighted by Crippen LogP contribution is -2.26. The zero-order valence-electron chi connectivity index (χ0n) is 10.9. The van der Waals surface area contributed by atoms with Crippen LogP contribution in [0.4, 0.5) is 0 Å². The number of hydrogen-bond acceptors (Lipinski definition) is 5. The molecule has 0 spiro atoms. The van der Waals surface area contributed by atoms with E-state index in [0.717, 1.165) is 10.7 Å². The van der Waals surface area contributed by atoms with Crippen molar-refractivity contribution >= 4 is 23.2 Å². The Labute approximate surface area is 111 Å². The van der Waals surface area contributed by atoms with E-state index in [4.69, 9.17) is 4.74 Å². The molecule has 6 heteroatoms. The number of thiazole rings is 1. The summed E-state index contributed by atoms with van der Waals surface area (Å²) in [6.45, 7) is 4.50. The molecule has 18 heavy (non-hydrogen) atoms. The van der Waals surface area contributed by atoms with Crippen LogP contribution in [0.3, 0.4) is 0 Å². The molecule has 1 aromatic rings. The Hall–Kier alpha value is -1.43. The number of hydrogen-bond donors (Lipinski definition) is 0. The maximum atomic E-state index is 11.8. The fraction of sp³-hybridized carbons (Fsp3) is 0.583. The number of rotatable bonds is 6. The van der Waals surface area contributed by atoms with Crippen LogP contribution in [0, 0.1) is 6.92 Å². The van der Waals surface area contributed by atoms with Crippen LogP contribution in [0.1, 0.15) is 30.5 Å². The number of amides is 1. The van der Waals surface area contributed by atoms with Crippen LogP contribution in [0.5, 0.6) is 0 Å². The molecule has 5 nitrogen and oxygen atoms in total. The maximum absolute atomic E-state index is 11.8. The molecule has 0 aliphatic rings. The van der Waals surface area contributed by atoms with E-state index in [9.17, 15) is 9.59 Å². The van der Waals surface area contributed by atoms with E-state index in [1.54, 1.807) is 30.2 Å². The first-order chi connectivity index (χ1) is 8.52. The summed E-state index contributed by atoms with van der Waals surface area (Å²) in [5, 5.41) is 2.92. The van der Waals surface area contributed by atoms with Crippen molar-refractivity contribution in [3.05, 3.63) is 16.1 Å². The van der Waals surface area contributed by atoms with Gasteiger partial charge in [-0.25, -0.2) is 4.98 Å². The van der Waals surface area contributed by atoms with Gasteiger partial charge >= 0.3 is 5.97 Å². The van der Waals surface area contributed by atoms with Gasteiger partial charge in [0.1, 0.15) is 0 Å². The average molecular weight is 270 g/mol. The van der Waals surface area contributed by atoms with Crippen LogP contribution in [0.25, 0.3) is 0 Å². The summed E-state index contributed by atoms with van der Waals surface area (Å²) in [5.74, 6) is -0.405. The van der Waals surface area contributed by atoms with Gasteiger partial charge in [-0.1, -0.05) is 0 Å². The van der Waals surface area contributed by atoms with E-state index in [1.165, 1.54) is 0 Å². The number of ether oxygens (including phenoxy) is 1. The molecule has 1 aromatic heterocycles. The highest BCUT2D eigenvalue weighted by Crippen LogP contribution is 2.10. The SMILES string of the molecule is CCOC(=O)CCC(=O)N(C)Cc1csc(C)n1. The molecule has 1 rings (SSSR count). The van der Waals surface area contributed by atoms with E-state index in [2.05, 4.69) is 4.98 Å². The second-order valence-corrected chi connectivity index (χ2v) is 4.97. The van der Waals surface area contributed by atoms with E-state index in [-0.39, 0.29) is 24.7 Å². The molecule has 0 radical (unpaired) electrons. The van der Waals surface area contributed by atoms with Gasteiger partial charge in [0.15, 0.2) is 0 Å². The maximum Gasteiger partial charge on any atom is 0.306 e. The highest BCUT2D eigenvalue weighted by Gasteiger charge is 2.13. The normalized spacial score (nSPS) is 10.2. The number of esters is 1. The molecule has 0 aliphatic carbocycles. The highest BCUT2D eigenvalue weighted by atomic mass is 32.1. The van der Waals surface area contributed by atoms with Gasteiger partial charge in [-0.3, -0.25) is 9.59 Å². The van der Waals surface area contributed by atoms with Crippen molar-refractivity contribution in [1.29, 1.82) is 0 Å². The number of carbonyl (C=O) groups is 2. The molecule has 0 unspecified atom stereocenters. The van der Waals surface area contributed by atoms with Crippen LogP contribution in [-0.2, 0) is 20.9 Å². The van der Waals surface area contributed by atoms with Crippen molar-refractivity contribution in [2.45, 2.75) is 33.2 Å². The predicted molar refractivity (Wildman–Crippen MR) is 69.2 cm³/mol. The standard InChI is InChI=1S/C12H18N2O3S/c1-4-17-12(16)6-5-11(15)14(3)7-10-8-18-9(2)13-10/h8H,4-7H2,1-3H3. The largest absolute Gasteiger partial charge is 0.466 e. The van der Waals surface area contributed by atoms with Crippen LogP contribution < -0.4 is 0 Å². The fourth-order valence-corrected chi connectivity index (χ4v) is 2.05. The van der Waals surface area contributed by atoms with Crippen LogP contribution in [0.2, 0.25) is 0 Å². The minimum absolute atomic E-state index is 0.0753. The van der Waals surface area contributed by atoms with Gasteiger partial charge in [0.05, 0.1) is 30.3 Å². The Bertz CT molecular complexity index is 417. The van der Waals surface area contributed by atoms with Crippen molar-refractivity contribution in [2.24, 2.45) is 0 Å². The van der Waals surface area contributed by atoms with Crippen molar-refractivity contribution < 1.29 is 14.3 Å². The van der Waals surface area contributed by atoms with E-state index < -0.39 is 0 Å². The molecule has 0 saturated heterocycles. The first kappa shape index (κ1) is 14.6. The Balaban J connectivity index is 2.35. The summed E-state index contributed by atoms with van der Waals surface area (Å²) in [7, 11) is 1.71. The van der Waals surface area contributed by atoms with E-state index in [0.29, 0.717) is 13.2 Å². The van der Waals surface area contributed by atoms with Gasteiger partial charge < -0.3 is 9.64 Å². The second kappa shape index (κ2) is 7.10. The zero-order chi connectivity index (χ0) is 13.5. The van der Waals surface area contributed by atoms with Gasteiger partial charge in [0.25, 0.3) is 0 Å². The predicted octanol–water partition coefficient (Wildman–Crippen LogP) is 1.75. The van der Waals surface area contributed by atoms with Gasteiger partial charge in [0, 0.05) is 18.8 Å². The van der Waals surface area contributed by atoms with Crippen LogP contribution in [-0.4, -0.2) is 35.4 Å². The van der Waals surface area contributed by atoms with Crippen molar-refractivity contribution in [3.8, 4) is 0 Å². The molecule has 0 aromatic carbocycles. The number of aromatic nitrogens is 1. The third-order valence-corrected chi connectivity index (χ3v) is 3.16. The highest BCUT2D eigenvalue weighted by molar-refractivity contribution is 7.09. The molecule has 0 N–H and O–H groups in total. The molecule has 0 saturated carbocycles. The third-order valence-electron chi connectivity index (χ3n) is 2.34. The summed E-state index contributed by atoms with van der Waals surface area (Å²) in [5.41, 5.74) is 0.879. The number of aryl methyl sites for hydroxylation is 1. The van der Waals surface area contributed by atoms with Crippen LogP contribution in [0.15, 0.2) is 5.38 Å². The summed E-state index contributed by atoms with van der Waals surface area (Å²) in [6.07, 6.45) is 0.311. The Kier molecular flexibility index (Phi) is 5.77. The smallest absolute Gasteiger partial charge is 0.306 e. The third kappa shape index (κ3) is 4.83. The minimum atomic E-state index is -0.330. The van der Waals surface area contributed by atoms with Gasteiger partial charge in [0.2, 0.25) is 5.91 Å². The Morgan fingerprint density at radius 3 is 2.72 bits per heavy atom. The molecular formula is C12H18N2O3S. The number of nitrogens with zero attached hydrogens (tertiary/aromatic N) is 2. The molecule has 1 amide bonds. The summed E-state index contributed by atoms with van der Waals surface area (Å²) in [4.78, 5) is 28.8. The minimum Gasteiger partial charge on any atom is -0.466 e.